The lowest BCUT2D eigenvalue weighted by atomic mass is 9.98. The highest BCUT2D eigenvalue weighted by molar-refractivity contribution is 5.84. The molecule has 0 aliphatic carbocycles. The third-order valence-corrected chi connectivity index (χ3v) is 3.99. The summed E-state index contributed by atoms with van der Waals surface area (Å²) in [4.78, 5) is 21.3. The topological polar surface area (TPSA) is 88.1 Å². The summed E-state index contributed by atoms with van der Waals surface area (Å²) in [7, 11) is 1.61. The Kier molecular flexibility index (Phi) is 2.94. The van der Waals surface area contributed by atoms with Crippen LogP contribution in [0.1, 0.15) is 12.5 Å². The maximum Gasteiger partial charge on any atom is 0.323 e. The van der Waals surface area contributed by atoms with E-state index in [1.165, 1.54) is 6.33 Å². The molecule has 0 amide bonds. The first-order valence-electron chi connectivity index (χ1n) is 7.32. The van der Waals surface area contributed by atoms with Gasteiger partial charge in [-0.1, -0.05) is 6.92 Å². The number of hydrogen-bond donors (Lipinski definition) is 2. The van der Waals surface area contributed by atoms with Crippen molar-refractivity contribution in [3.63, 3.8) is 0 Å². The van der Waals surface area contributed by atoms with Gasteiger partial charge < -0.3 is 14.7 Å². The van der Waals surface area contributed by atoms with Crippen LogP contribution >= 0.6 is 0 Å². The Morgan fingerprint density at radius 2 is 2.00 bits per heavy atom. The molecule has 7 heteroatoms. The Balaban J connectivity index is 2.02. The van der Waals surface area contributed by atoms with Crippen LogP contribution in [-0.4, -0.2) is 31.7 Å². The van der Waals surface area contributed by atoms with Gasteiger partial charge in [-0.15, -0.1) is 0 Å². The number of benzene rings is 1. The molecular weight excluding hydrogens is 294 g/mol. The summed E-state index contributed by atoms with van der Waals surface area (Å²) in [6.45, 7) is 2.08. The molecule has 1 aromatic carbocycles. The standard InChI is InChI=1S/C16H15N5O2/c1-3-9-4-12-13(20-16(22)19-12)6-11(9)10-5-14(23-2)15-17-8-18-21(15)7-10/h4-8H,3H2,1-2H3,(H2,19,20,22). The van der Waals surface area contributed by atoms with Crippen molar-refractivity contribution in [2.45, 2.75) is 13.3 Å². The van der Waals surface area contributed by atoms with E-state index in [-0.39, 0.29) is 5.69 Å². The molecule has 0 spiro atoms. The lowest BCUT2D eigenvalue weighted by Gasteiger charge is -2.11. The van der Waals surface area contributed by atoms with Gasteiger partial charge in [-0.2, -0.15) is 5.10 Å². The van der Waals surface area contributed by atoms with E-state index in [1.54, 1.807) is 11.6 Å². The number of aryl methyl sites for hydroxylation is 1. The van der Waals surface area contributed by atoms with Gasteiger partial charge in [0.05, 0.1) is 18.1 Å². The number of fused-ring (bicyclic) bond motifs is 2. The number of pyridine rings is 1. The van der Waals surface area contributed by atoms with Crippen molar-refractivity contribution >= 4 is 16.7 Å². The van der Waals surface area contributed by atoms with Gasteiger partial charge in [0.1, 0.15) is 6.33 Å². The van der Waals surface area contributed by atoms with E-state index in [2.05, 4.69) is 27.0 Å². The van der Waals surface area contributed by atoms with Crippen LogP contribution in [0.3, 0.4) is 0 Å². The number of nitrogens with zero attached hydrogens (tertiary/aromatic N) is 3. The summed E-state index contributed by atoms with van der Waals surface area (Å²) in [5, 5.41) is 4.20. The second-order valence-corrected chi connectivity index (χ2v) is 5.31. The first-order chi connectivity index (χ1) is 11.2. The minimum atomic E-state index is -0.205. The van der Waals surface area contributed by atoms with Crippen molar-refractivity contribution < 1.29 is 4.74 Å². The summed E-state index contributed by atoms with van der Waals surface area (Å²) in [6.07, 6.45) is 4.25. The van der Waals surface area contributed by atoms with Crippen molar-refractivity contribution in [3.05, 3.63) is 46.8 Å². The van der Waals surface area contributed by atoms with E-state index >= 15 is 0 Å². The van der Waals surface area contributed by atoms with E-state index < -0.39 is 0 Å². The summed E-state index contributed by atoms with van der Waals surface area (Å²) in [5.41, 5.74) is 5.18. The Bertz CT molecular complexity index is 1070. The average molecular weight is 309 g/mol. The van der Waals surface area contributed by atoms with E-state index in [0.29, 0.717) is 11.4 Å². The first kappa shape index (κ1) is 13.6. The molecule has 0 saturated carbocycles. The highest BCUT2D eigenvalue weighted by atomic mass is 16.5. The third-order valence-electron chi connectivity index (χ3n) is 3.99. The average Bonchev–Trinajstić information content (AvgIpc) is 3.16. The van der Waals surface area contributed by atoms with Gasteiger partial charge in [0, 0.05) is 11.8 Å². The monoisotopic (exact) mass is 309 g/mol. The smallest absolute Gasteiger partial charge is 0.323 e. The quantitative estimate of drug-likeness (QED) is 0.607. The van der Waals surface area contributed by atoms with Gasteiger partial charge in [0.15, 0.2) is 11.4 Å². The third kappa shape index (κ3) is 2.09. The van der Waals surface area contributed by atoms with Crippen molar-refractivity contribution in [2.24, 2.45) is 0 Å². The van der Waals surface area contributed by atoms with Gasteiger partial charge in [0.25, 0.3) is 0 Å². The number of H-pyrrole nitrogens is 2. The van der Waals surface area contributed by atoms with Crippen LogP contribution in [0.2, 0.25) is 0 Å². The number of aromatic nitrogens is 5. The predicted molar refractivity (Wildman–Crippen MR) is 86.8 cm³/mol. The summed E-state index contributed by atoms with van der Waals surface area (Å²) >= 11 is 0. The fourth-order valence-electron chi connectivity index (χ4n) is 2.88. The zero-order chi connectivity index (χ0) is 16.0. The highest BCUT2D eigenvalue weighted by Gasteiger charge is 2.13. The molecular formula is C16H15N5O2. The summed E-state index contributed by atoms with van der Waals surface area (Å²) in [6, 6.07) is 5.92. The number of aromatic amines is 2. The normalized spacial score (nSPS) is 11.4. The number of nitrogens with one attached hydrogen (secondary N) is 2. The molecule has 0 fully saturated rings. The van der Waals surface area contributed by atoms with Crippen LogP contribution in [0, 0.1) is 0 Å². The summed E-state index contributed by atoms with van der Waals surface area (Å²) < 4.78 is 7.12. The largest absolute Gasteiger partial charge is 0.493 e. The Morgan fingerprint density at radius 3 is 2.74 bits per heavy atom. The maximum absolute atomic E-state index is 11.5. The fourth-order valence-corrected chi connectivity index (χ4v) is 2.88. The second kappa shape index (κ2) is 4.98. The second-order valence-electron chi connectivity index (χ2n) is 5.31. The minimum Gasteiger partial charge on any atom is -0.493 e. The molecule has 23 heavy (non-hydrogen) atoms. The van der Waals surface area contributed by atoms with E-state index in [4.69, 9.17) is 4.74 Å². The molecule has 2 N–H and O–H groups in total. The van der Waals surface area contributed by atoms with E-state index in [1.807, 2.05) is 24.4 Å². The van der Waals surface area contributed by atoms with Gasteiger partial charge in [-0.05, 0) is 35.7 Å². The van der Waals surface area contributed by atoms with Crippen LogP contribution < -0.4 is 10.4 Å². The Hall–Kier alpha value is -3.09. The molecule has 4 rings (SSSR count). The van der Waals surface area contributed by atoms with Crippen molar-refractivity contribution in [1.82, 2.24) is 24.6 Å². The molecule has 4 aromatic rings. The van der Waals surface area contributed by atoms with Crippen LogP contribution in [-0.2, 0) is 6.42 Å². The Labute approximate surface area is 130 Å². The molecule has 0 radical (unpaired) electrons. The maximum atomic E-state index is 11.5. The number of imidazole rings is 1. The van der Waals surface area contributed by atoms with Gasteiger partial charge in [-0.3, -0.25) is 0 Å². The minimum absolute atomic E-state index is 0.205. The van der Waals surface area contributed by atoms with Crippen molar-refractivity contribution in [3.8, 4) is 16.9 Å². The molecule has 7 nitrogen and oxygen atoms in total. The lowest BCUT2D eigenvalue weighted by molar-refractivity contribution is 0.417. The molecule has 3 heterocycles. The zero-order valence-corrected chi connectivity index (χ0v) is 12.8. The van der Waals surface area contributed by atoms with E-state index in [9.17, 15) is 4.79 Å². The van der Waals surface area contributed by atoms with Crippen LogP contribution in [0.4, 0.5) is 0 Å². The molecule has 0 aliphatic rings. The highest BCUT2D eigenvalue weighted by Crippen LogP contribution is 2.31. The fraction of sp³-hybridized carbons (Fsp3) is 0.188. The van der Waals surface area contributed by atoms with Gasteiger partial charge in [-0.25, -0.2) is 14.3 Å². The van der Waals surface area contributed by atoms with Crippen molar-refractivity contribution in [1.29, 1.82) is 0 Å². The number of ether oxygens (including phenoxy) is 1. The molecule has 0 bridgehead atoms. The number of methoxy groups -OCH3 is 1. The number of rotatable bonds is 3. The first-order valence-corrected chi connectivity index (χ1v) is 7.32. The summed E-state index contributed by atoms with van der Waals surface area (Å²) in [5.74, 6) is 0.657. The van der Waals surface area contributed by atoms with Crippen LogP contribution in [0.5, 0.6) is 5.75 Å². The lowest BCUT2D eigenvalue weighted by Crippen LogP contribution is -1.99. The molecule has 0 aliphatic heterocycles. The van der Waals surface area contributed by atoms with Crippen LogP contribution in [0.15, 0.2) is 35.5 Å². The molecule has 116 valence electrons. The Morgan fingerprint density at radius 1 is 1.22 bits per heavy atom. The molecule has 0 saturated heterocycles. The van der Waals surface area contributed by atoms with Crippen molar-refractivity contribution in [2.75, 3.05) is 7.11 Å². The van der Waals surface area contributed by atoms with Crippen LogP contribution in [0.25, 0.3) is 27.8 Å². The predicted octanol–water partition coefficient (Wildman–Crippen LogP) is 2.14. The number of hydrogen-bond acceptors (Lipinski definition) is 4. The molecule has 3 aromatic heterocycles. The SMILES string of the molecule is CCc1cc2[nH]c(=O)[nH]c2cc1-c1cc(OC)c2ncnn2c1. The van der Waals surface area contributed by atoms with E-state index in [0.717, 1.165) is 34.1 Å². The molecule has 0 unspecified atom stereocenters. The molecule has 0 atom stereocenters. The van der Waals surface area contributed by atoms with Gasteiger partial charge >= 0.3 is 5.69 Å². The van der Waals surface area contributed by atoms with Gasteiger partial charge in [0.2, 0.25) is 0 Å². The zero-order valence-electron chi connectivity index (χ0n) is 12.8.